The average molecular weight is 253 g/mol. The quantitative estimate of drug-likeness (QED) is 0.785. The second-order valence-electron chi connectivity index (χ2n) is 5.65. The molecule has 2 fully saturated rings. The second-order valence-corrected chi connectivity index (χ2v) is 5.65. The summed E-state index contributed by atoms with van der Waals surface area (Å²) in [6.07, 6.45) is 5.87. The Hall–Kier alpha value is -0.610. The molecule has 0 bridgehead atoms. The van der Waals surface area contributed by atoms with Crippen LogP contribution in [-0.2, 0) is 4.79 Å². The zero-order valence-corrected chi connectivity index (χ0v) is 11.6. The maximum absolute atomic E-state index is 12.1. The number of likely N-dealkylation sites (tertiary alicyclic amines) is 1. The van der Waals surface area contributed by atoms with Crippen LogP contribution in [0.15, 0.2) is 0 Å². The molecular weight excluding hydrogens is 226 g/mol. The molecule has 0 aromatic carbocycles. The number of carbonyl (C=O) groups is 1. The molecule has 104 valence electrons. The third-order valence-electron chi connectivity index (χ3n) is 4.26. The second kappa shape index (κ2) is 7.10. The minimum Gasteiger partial charge on any atom is -0.354 e. The van der Waals surface area contributed by atoms with Gasteiger partial charge in [-0.25, -0.2) is 0 Å². The Labute approximate surface area is 110 Å². The van der Waals surface area contributed by atoms with Crippen molar-refractivity contribution >= 4 is 5.91 Å². The van der Waals surface area contributed by atoms with Crippen LogP contribution in [0, 0.1) is 5.92 Å². The van der Waals surface area contributed by atoms with Crippen LogP contribution in [0.4, 0.5) is 0 Å². The fraction of sp³-hybridized carbons (Fsp3) is 0.929. The first kappa shape index (κ1) is 13.8. The summed E-state index contributed by atoms with van der Waals surface area (Å²) in [5.41, 5.74) is 0. The Morgan fingerprint density at radius 1 is 1.33 bits per heavy atom. The zero-order valence-electron chi connectivity index (χ0n) is 11.6. The van der Waals surface area contributed by atoms with E-state index in [2.05, 4.69) is 22.5 Å². The van der Waals surface area contributed by atoms with Gasteiger partial charge in [-0.1, -0.05) is 19.8 Å². The number of hydrogen-bond acceptors (Lipinski definition) is 3. The van der Waals surface area contributed by atoms with Crippen molar-refractivity contribution in [2.45, 2.75) is 45.1 Å². The smallest absolute Gasteiger partial charge is 0.237 e. The lowest BCUT2D eigenvalue weighted by atomic mass is 10.1. The standard InChI is InChI=1S/C14H27N3O/c1-2-17-9-7-12(11-17)10-16-14(18)13-6-4-3-5-8-15-13/h12-13,15H,2-11H2,1H3,(H,16,18). The molecule has 0 aromatic rings. The van der Waals surface area contributed by atoms with E-state index in [0.29, 0.717) is 5.92 Å². The molecule has 2 unspecified atom stereocenters. The van der Waals surface area contributed by atoms with E-state index in [0.717, 1.165) is 32.6 Å². The highest BCUT2D eigenvalue weighted by Crippen LogP contribution is 2.15. The van der Waals surface area contributed by atoms with E-state index >= 15 is 0 Å². The van der Waals surface area contributed by atoms with Crippen LogP contribution in [0.5, 0.6) is 0 Å². The summed E-state index contributed by atoms with van der Waals surface area (Å²) >= 11 is 0. The molecule has 0 aromatic heterocycles. The van der Waals surface area contributed by atoms with Crippen molar-refractivity contribution in [3.63, 3.8) is 0 Å². The van der Waals surface area contributed by atoms with Gasteiger partial charge in [0.05, 0.1) is 6.04 Å². The molecule has 1 amide bonds. The van der Waals surface area contributed by atoms with Crippen molar-refractivity contribution in [1.29, 1.82) is 0 Å². The number of nitrogens with zero attached hydrogens (tertiary/aromatic N) is 1. The first-order valence-electron chi connectivity index (χ1n) is 7.53. The molecule has 0 spiro atoms. The van der Waals surface area contributed by atoms with E-state index < -0.39 is 0 Å². The van der Waals surface area contributed by atoms with E-state index in [9.17, 15) is 4.79 Å². The minimum atomic E-state index is 0.0520. The van der Waals surface area contributed by atoms with Gasteiger partial charge in [0.1, 0.15) is 0 Å². The Morgan fingerprint density at radius 2 is 2.22 bits per heavy atom. The highest BCUT2D eigenvalue weighted by Gasteiger charge is 2.24. The summed E-state index contributed by atoms with van der Waals surface area (Å²) < 4.78 is 0. The third-order valence-corrected chi connectivity index (χ3v) is 4.26. The lowest BCUT2D eigenvalue weighted by Crippen LogP contribution is -2.45. The monoisotopic (exact) mass is 253 g/mol. The molecule has 0 aliphatic carbocycles. The largest absolute Gasteiger partial charge is 0.354 e. The van der Waals surface area contributed by atoms with Crippen molar-refractivity contribution in [1.82, 2.24) is 15.5 Å². The maximum Gasteiger partial charge on any atom is 0.237 e. The van der Waals surface area contributed by atoms with Crippen LogP contribution in [0.2, 0.25) is 0 Å². The van der Waals surface area contributed by atoms with Crippen molar-refractivity contribution in [2.24, 2.45) is 5.92 Å². The third kappa shape index (κ3) is 3.95. The molecule has 4 heteroatoms. The molecular formula is C14H27N3O. The fourth-order valence-corrected chi connectivity index (χ4v) is 2.99. The molecule has 18 heavy (non-hydrogen) atoms. The Morgan fingerprint density at radius 3 is 3.00 bits per heavy atom. The van der Waals surface area contributed by atoms with Crippen LogP contribution in [0.3, 0.4) is 0 Å². The van der Waals surface area contributed by atoms with Gasteiger partial charge in [-0.3, -0.25) is 4.79 Å². The molecule has 2 atom stereocenters. The fourth-order valence-electron chi connectivity index (χ4n) is 2.99. The lowest BCUT2D eigenvalue weighted by molar-refractivity contribution is -0.123. The molecule has 2 aliphatic heterocycles. The number of carbonyl (C=O) groups excluding carboxylic acids is 1. The molecule has 0 saturated carbocycles. The molecule has 2 N–H and O–H groups in total. The highest BCUT2D eigenvalue weighted by atomic mass is 16.2. The predicted octanol–water partition coefficient (Wildman–Crippen LogP) is 0.977. The predicted molar refractivity (Wildman–Crippen MR) is 73.5 cm³/mol. The normalized spacial score (nSPS) is 30.1. The Balaban J connectivity index is 1.68. The van der Waals surface area contributed by atoms with E-state index in [1.54, 1.807) is 0 Å². The van der Waals surface area contributed by atoms with Gasteiger partial charge in [-0.05, 0) is 44.8 Å². The van der Waals surface area contributed by atoms with Gasteiger partial charge in [0.25, 0.3) is 0 Å². The highest BCUT2D eigenvalue weighted by molar-refractivity contribution is 5.81. The van der Waals surface area contributed by atoms with Gasteiger partial charge in [0.15, 0.2) is 0 Å². The van der Waals surface area contributed by atoms with Crippen molar-refractivity contribution in [2.75, 3.05) is 32.7 Å². The van der Waals surface area contributed by atoms with Gasteiger partial charge >= 0.3 is 0 Å². The maximum atomic E-state index is 12.1. The van der Waals surface area contributed by atoms with Crippen LogP contribution in [0.1, 0.15) is 39.0 Å². The average Bonchev–Trinajstić information content (AvgIpc) is 2.68. The minimum absolute atomic E-state index is 0.0520. The van der Waals surface area contributed by atoms with Gasteiger partial charge in [-0.2, -0.15) is 0 Å². The SMILES string of the molecule is CCN1CCC(CNC(=O)C2CCCCCN2)C1. The van der Waals surface area contributed by atoms with Crippen molar-refractivity contribution in [3.8, 4) is 0 Å². The Kier molecular flexibility index (Phi) is 5.45. The van der Waals surface area contributed by atoms with Crippen LogP contribution < -0.4 is 10.6 Å². The molecule has 4 nitrogen and oxygen atoms in total. The van der Waals surface area contributed by atoms with Crippen molar-refractivity contribution in [3.05, 3.63) is 0 Å². The molecule has 0 radical (unpaired) electrons. The van der Waals surface area contributed by atoms with Gasteiger partial charge in [0, 0.05) is 13.1 Å². The lowest BCUT2D eigenvalue weighted by Gasteiger charge is -2.18. The first-order chi connectivity index (χ1) is 8.79. The first-order valence-corrected chi connectivity index (χ1v) is 7.53. The van der Waals surface area contributed by atoms with E-state index in [4.69, 9.17) is 0 Å². The van der Waals surface area contributed by atoms with E-state index in [1.807, 2.05) is 0 Å². The summed E-state index contributed by atoms with van der Waals surface area (Å²) in [5, 5.41) is 6.49. The van der Waals surface area contributed by atoms with Gasteiger partial charge < -0.3 is 15.5 Å². The molecule has 2 aliphatic rings. The summed E-state index contributed by atoms with van der Waals surface area (Å²) in [7, 11) is 0. The number of amides is 1. The number of nitrogens with one attached hydrogen (secondary N) is 2. The van der Waals surface area contributed by atoms with Crippen LogP contribution in [-0.4, -0.2) is 49.6 Å². The molecule has 2 heterocycles. The number of hydrogen-bond donors (Lipinski definition) is 2. The summed E-state index contributed by atoms with van der Waals surface area (Å²) in [6, 6.07) is 0.0520. The zero-order chi connectivity index (χ0) is 12.8. The summed E-state index contributed by atoms with van der Waals surface area (Å²) in [5.74, 6) is 0.867. The van der Waals surface area contributed by atoms with Crippen molar-refractivity contribution < 1.29 is 4.79 Å². The van der Waals surface area contributed by atoms with Crippen LogP contribution >= 0.6 is 0 Å². The van der Waals surface area contributed by atoms with Crippen LogP contribution in [0.25, 0.3) is 0 Å². The summed E-state index contributed by atoms with van der Waals surface area (Å²) in [4.78, 5) is 14.5. The van der Waals surface area contributed by atoms with E-state index in [-0.39, 0.29) is 11.9 Å². The van der Waals surface area contributed by atoms with Gasteiger partial charge in [0.2, 0.25) is 5.91 Å². The van der Waals surface area contributed by atoms with Gasteiger partial charge in [-0.15, -0.1) is 0 Å². The molecule has 2 rings (SSSR count). The number of rotatable bonds is 4. The van der Waals surface area contributed by atoms with E-state index in [1.165, 1.54) is 32.2 Å². The summed E-state index contributed by atoms with van der Waals surface area (Å²) in [6.45, 7) is 7.53. The molecule has 2 saturated heterocycles. The topological polar surface area (TPSA) is 44.4 Å². The Bertz CT molecular complexity index is 262.